The van der Waals surface area contributed by atoms with E-state index in [0.29, 0.717) is 19.7 Å². The van der Waals surface area contributed by atoms with Gasteiger partial charge in [-0.2, -0.15) is 0 Å². The van der Waals surface area contributed by atoms with Crippen molar-refractivity contribution in [3.63, 3.8) is 0 Å². The number of nitrogens with one attached hydrogen (secondary N) is 2. The van der Waals surface area contributed by atoms with E-state index in [4.69, 9.17) is 4.74 Å². The molecule has 1 aliphatic rings. The van der Waals surface area contributed by atoms with E-state index in [1.807, 2.05) is 31.2 Å². The van der Waals surface area contributed by atoms with Crippen LogP contribution in [0.1, 0.15) is 25.3 Å². The van der Waals surface area contributed by atoms with Crippen LogP contribution in [0.2, 0.25) is 0 Å². The van der Waals surface area contributed by atoms with Crippen molar-refractivity contribution in [2.75, 3.05) is 31.6 Å². The molecule has 23 heavy (non-hydrogen) atoms. The largest absolute Gasteiger partial charge is 0.450 e. The predicted molar refractivity (Wildman–Crippen MR) is 89.4 cm³/mol. The van der Waals surface area contributed by atoms with Gasteiger partial charge < -0.3 is 20.3 Å². The fourth-order valence-corrected chi connectivity index (χ4v) is 2.65. The van der Waals surface area contributed by atoms with Gasteiger partial charge in [0.05, 0.1) is 13.2 Å². The molecule has 0 atom stereocenters. The van der Waals surface area contributed by atoms with Gasteiger partial charge in [0.15, 0.2) is 0 Å². The highest BCUT2D eigenvalue weighted by Gasteiger charge is 2.24. The van der Waals surface area contributed by atoms with Crippen molar-refractivity contribution < 1.29 is 14.3 Å². The summed E-state index contributed by atoms with van der Waals surface area (Å²) < 4.78 is 4.99. The van der Waals surface area contributed by atoms with E-state index >= 15 is 0 Å². The Morgan fingerprint density at radius 3 is 2.61 bits per heavy atom. The summed E-state index contributed by atoms with van der Waals surface area (Å²) in [5.74, 6) is -0.0252. The van der Waals surface area contributed by atoms with Crippen LogP contribution in [0.5, 0.6) is 0 Å². The second kappa shape index (κ2) is 8.41. The van der Waals surface area contributed by atoms with E-state index in [-0.39, 0.29) is 24.6 Å². The van der Waals surface area contributed by atoms with Crippen LogP contribution in [0.3, 0.4) is 0 Å². The lowest BCUT2D eigenvalue weighted by atomic mass is 10.1. The number of piperidine rings is 1. The number of rotatable bonds is 5. The third kappa shape index (κ3) is 5.16. The van der Waals surface area contributed by atoms with Gasteiger partial charge in [0, 0.05) is 24.8 Å². The van der Waals surface area contributed by atoms with Crippen LogP contribution < -0.4 is 10.6 Å². The third-order valence-electron chi connectivity index (χ3n) is 3.97. The lowest BCUT2D eigenvalue weighted by Crippen LogP contribution is -2.47. The molecule has 0 saturated carbocycles. The molecule has 0 aromatic heterocycles. The number of benzene rings is 1. The molecule has 1 aromatic carbocycles. The Balaban J connectivity index is 1.71. The normalized spacial score (nSPS) is 15.1. The molecule has 1 fully saturated rings. The van der Waals surface area contributed by atoms with Crippen LogP contribution in [0, 0.1) is 6.92 Å². The van der Waals surface area contributed by atoms with Crippen LogP contribution in [-0.4, -0.2) is 49.2 Å². The highest BCUT2D eigenvalue weighted by atomic mass is 16.6. The maximum atomic E-state index is 12.0. The fourth-order valence-electron chi connectivity index (χ4n) is 2.65. The second-order valence-electron chi connectivity index (χ2n) is 5.70. The van der Waals surface area contributed by atoms with Gasteiger partial charge >= 0.3 is 6.09 Å². The first-order valence-electron chi connectivity index (χ1n) is 8.10. The summed E-state index contributed by atoms with van der Waals surface area (Å²) in [5.41, 5.74) is 2.09. The molecular weight excluding hydrogens is 294 g/mol. The molecule has 0 spiro atoms. The van der Waals surface area contributed by atoms with Crippen LogP contribution in [0.4, 0.5) is 10.5 Å². The number of carbonyl (C=O) groups excluding carboxylic acids is 2. The van der Waals surface area contributed by atoms with E-state index in [2.05, 4.69) is 10.6 Å². The smallest absolute Gasteiger partial charge is 0.409 e. The van der Waals surface area contributed by atoms with Crippen molar-refractivity contribution >= 4 is 17.7 Å². The SMILES string of the molecule is CCOC(=O)N1CCC(NC(=O)CNc2ccccc2C)CC1. The zero-order valence-corrected chi connectivity index (χ0v) is 13.8. The van der Waals surface area contributed by atoms with Crippen LogP contribution in [-0.2, 0) is 9.53 Å². The first kappa shape index (κ1) is 17.1. The van der Waals surface area contributed by atoms with Gasteiger partial charge in [-0.1, -0.05) is 18.2 Å². The molecule has 2 amide bonds. The standard InChI is InChI=1S/C17H25N3O3/c1-3-23-17(22)20-10-8-14(9-11-20)19-16(21)12-18-15-7-5-4-6-13(15)2/h4-7,14,18H,3,8-12H2,1-2H3,(H,19,21). The highest BCUT2D eigenvalue weighted by molar-refractivity contribution is 5.81. The van der Waals surface area contributed by atoms with Gasteiger partial charge in [-0.3, -0.25) is 4.79 Å². The minimum absolute atomic E-state index is 0.0252. The molecule has 6 nitrogen and oxygen atoms in total. The number of carbonyl (C=O) groups is 2. The van der Waals surface area contributed by atoms with Gasteiger partial charge in [-0.05, 0) is 38.3 Å². The van der Waals surface area contributed by atoms with Gasteiger partial charge in [-0.25, -0.2) is 4.79 Å². The first-order chi connectivity index (χ1) is 11.1. The zero-order chi connectivity index (χ0) is 16.7. The van der Waals surface area contributed by atoms with Crippen molar-refractivity contribution in [1.29, 1.82) is 0 Å². The molecule has 1 heterocycles. The summed E-state index contributed by atoms with van der Waals surface area (Å²) in [5, 5.41) is 6.17. The van der Waals surface area contributed by atoms with Gasteiger partial charge in [0.25, 0.3) is 0 Å². The average Bonchev–Trinajstić information content (AvgIpc) is 2.55. The first-order valence-corrected chi connectivity index (χ1v) is 8.10. The van der Waals surface area contributed by atoms with E-state index < -0.39 is 0 Å². The molecule has 0 unspecified atom stereocenters. The zero-order valence-electron chi connectivity index (χ0n) is 13.8. The van der Waals surface area contributed by atoms with Gasteiger partial charge in [-0.15, -0.1) is 0 Å². The van der Waals surface area contributed by atoms with Crippen LogP contribution >= 0.6 is 0 Å². The van der Waals surface area contributed by atoms with E-state index in [0.717, 1.165) is 24.1 Å². The van der Waals surface area contributed by atoms with Crippen molar-refractivity contribution in [1.82, 2.24) is 10.2 Å². The summed E-state index contributed by atoms with van der Waals surface area (Å²) in [7, 11) is 0. The minimum Gasteiger partial charge on any atom is -0.450 e. The number of hydrogen-bond acceptors (Lipinski definition) is 4. The van der Waals surface area contributed by atoms with Crippen molar-refractivity contribution in [3.05, 3.63) is 29.8 Å². The molecule has 0 aliphatic carbocycles. The summed E-state index contributed by atoms with van der Waals surface area (Å²) in [4.78, 5) is 25.4. The van der Waals surface area contributed by atoms with E-state index in [1.54, 1.807) is 11.8 Å². The van der Waals surface area contributed by atoms with Crippen molar-refractivity contribution in [2.45, 2.75) is 32.7 Å². The number of hydrogen-bond donors (Lipinski definition) is 2. The predicted octanol–water partition coefficient (Wildman–Crippen LogP) is 2.14. The number of para-hydroxylation sites is 1. The molecule has 6 heteroatoms. The Kier molecular flexibility index (Phi) is 6.26. The molecular formula is C17H25N3O3. The Hall–Kier alpha value is -2.24. The number of nitrogens with zero attached hydrogens (tertiary/aromatic N) is 1. The topological polar surface area (TPSA) is 70.7 Å². The lowest BCUT2D eigenvalue weighted by Gasteiger charge is -2.31. The van der Waals surface area contributed by atoms with Crippen LogP contribution in [0.15, 0.2) is 24.3 Å². The monoisotopic (exact) mass is 319 g/mol. The number of aryl methyl sites for hydroxylation is 1. The summed E-state index contributed by atoms with van der Waals surface area (Å²) in [6.45, 7) is 5.69. The molecule has 2 rings (SSSR count). The number of likely N-dealkylation sites (tertiary alicyclic amines) is 1. The van der Waals surface area contributed by atoms with Crippen molar-refractivity contribution in [3.8, 4) is 0 Å². The second-order valence-corrected chi connectivity index (χ2v) is 5.70. The molecule has 126 valence electrons. The summed E-state index contributed by atoms with van der Waals surface area (Å²) in [6, 6.07) is 7.99. The maximum Gasteiger partial charge on any atom is 0.409 e. The fraction of sp³-hybridized carbons (Fsp3) is 0.529. The van der Waals surface area contributed by atoms with E-state index in [9.17, 15) is 9.59 Å². The Morgan fingerprint density at radius 2 is 1.96 bits per heavy atom. The molecule has 2 N–H and O–H groups in total. The van der Waals surface area contributed by atoms with Crippen LogP contribution in [0.25, 0.3) is 0 Å². The number of ether oxygens (including phenoxy) is 1. The summed E-state index contributed by atoms with van der Waals surface area (Å²) in [6.07, 6.45) is 1.25. The maximum absolute atomic E-state index is 12.0. The highest BCUT2D eigenvalue weighted by Crippen LogP contribution is 2.13. The van der Waals surface area contributed by atoms with Gasteiger partial charge in [0.1, 0.15) is 0 Å². The molecule has 0 radical (unpaired) electrons. The number of anilines is 1. The summed E-state index contributed by atoms with van der Waals surface area (Å²) >= 11 is 0. The molecule has 0 bridgehead atoms. The van der Waals surface area contributed by atoms with E-state index in [1.165, 1.54) is 0 Å². The van der Waals surface area contributed by atoms with Crippen molar-refractivity contribution in [2.24, 2.45) is 0 Å². The molecule has 1 aromatic rings. The van der Waals surface area contributed by atoms with Gasteiger partial charge in [0.2, 0.25) is 5.91 Å². The Morgan fingerprint density at radius 1 is 1.26 bits per heavy atom. The average molecular weight is 319 g/mol. The quantitative estimate of drug-likeness (QED) is 0.872. The number of amides is 2. The molecule has 1 aliphatic heterocycles. The Labute approximate surface area is 137 Å². The Bertz CT molecular complexity index is 540. The lowest BCUT2D eigenvalue weighted by molar-refractivity contribution is -0.120. The minimum atomic E-state index is -0.265. The molecule has 1 saturated heterocycles. The third-order valence-corrected chi connectivity index (χ3v) is 3.97.